The molecule has 3 heterocycles. The van der Waals surface area contributed by atoms with Crippen molar-refractivity contribution >= 4 is 16.0 Å². The fourth-order valence-electron chi connectivity index (χ4n) is 4.26. The predicted octanol–water partition coefficient (Wildman–Crippen LogP) is 2.12. The molecule has 0 unspecified atom stereocenters. The lowest BCUT2D eigenvalue weighted by Gasteiger charge is -2.34. The molecule has 0 radical (unpaired) electrons. The first kappa shape index (κ1) is 25.6. The molecule has 1 saturated heterocycles. The van der Waals surface area contributed by atoms with Gasteiger partial charge in [0, 0.05) is 32.5 Å². The van der Waals surface area contributed by atoms with Gasteiger partial charge in [-0.3, -0.25) is 4.68 Å². The van der Waals surface area contributed by atoms with Crippen molar-refractivity contribution in [3.63, 3.8) is 0 Å². The number of rotatable bonds is 6. The number of anilines is 1. The van der Waals surface area contributed by atoms with Gasteiger partial charge < -0.3 is 15.2 Å². The molecular weight excluding hydrogens is 496 g/mol. The smallest absolute Gasteiger partial charge is 0.423 e. The third kappa shape index (κ3) is 5.35. The lowest BCUT2D eigenvalue weighted by atomic mass is 10.0. The number of hydrogen-bond acceptors (Lipinski definition) is 8. The summed E-state index contributed by atoms with van der Waals surface area (Å²) in [6, 6.07) is -0.936. The Labute approximate surface area is 199 Å². The van der Waals surface area contributed by atoms with E-state index in [1.807, 2.05) is 0 Å². The molecule has 2 fully saturated rings. The minimum atomic E-state index is -4.80. The molecule has 2 aromatic rings. The Balaban J connectivity index is 1.49. The van der Waals surface area contributed by atoms with Gasteiger partial charge in [0.25, 0.3) is 0 Å². The highest BCUT2D eigenvalue weighted by molar-refractivity contribution is 7.89. The van der Waals surface area contributed by atoms with Crippen LogP contribution in [-0.2, 0) is 23.2 Å². The van der Waals surface area contributed by atoms with Gasteiger partial charge in [-0.25, -0.2) is 17.8 Å². The van der Waals surface area contributed by atoms with E-state index in [1.54, 1.807) is 7.05 Å². The number of piperidine rings is 1. The second-order valence-electron chi connectivity index (χ2n) is 9.03. The number of nitrogens with zero attached hydrogens (tertiary/aromatic N) is 5. The summed E-state index contributed by atoms with van der Waals surface area (Å²) in [5.74, 6) is -1.05. The lowest BCUT2D eigenvalue weighted by Crippen LogP contribution is -2.50. The number of halogens is 4. The first-order chi connectivity index (χ1) is 16.3. The van der Waals surface area contributed by atoms with E-state index < -0.39 is 58.1 Å². The van der Waals surface area contributed by atoms with E-state index in [9.17, 15) is 31.1 Å². The van der Waals surface area contributed by atoms with E-state index in [1.165, 1.54) is 24.0 Å². The lowest BCUT2D eigenvalue weighted by molar-refractivity contribution is -0.141. The summed E-state index contributed by atoms with van der Waals surface area (Å²) >= 11 is 0. The van der Waals surface area contributed by atoms with Crippen LogP contribution < -0.4 is 10.1 Å². The Hall–Kier alpha value is -2.52. The molecule has 194 valence electrons. The molecule has 0 bridgehead atoms. The minimum absolute atomic E-state index is 0.0236. The maximum Gasteiger partial charge on any atom is 0.423 e. The Morgan fingerprint density at radius 3 is 2.60 bits per heavy atom. The second kappa shape index (κ2) is 9.17. The Kier molecular flexibility index (Phi) is 6.70. The average molecular weight is 523 g/mol. The average Bonchev–Trinajstić information content (AvgIpc) is 3.34. The standard InChI is InChI=1S/C20H26F4N6O4S/c1-19(31)6-3-4-16(19)34-17-13(20(22,23)24)9-25-18(28-17)27-15-5-7-30(11-14(15)21)35(32,33)12-8-26-29(2)10-12/h8-10,14-16,31H,3-7,11H2,1-2H3,(H,25,27,28)/t14-,15-,16+,19-/m0/s1. The summed E-state index contributed by atoms with van der Waals surface area (Å²) in [6.45, 7) is 1.01. The van der Waals surface area contributed by atoms with E-state index in [2.05, 4.69) is 20.4 Å². The summed E-state index contributed by atoms with van der Waals surface area (Å²) in [6.07, 6.45) is -3.00. The summed E-state index contributed by atoms with van der Waals surface area (Å²) < 4.78 is 88.6. The van der Waals surface area contributed by atoms with Crippen molar-refractivity contribution in [2.45, 2.75) is 67.6 Å². The van der Waals surface area contributed by atoms with Crippen LogP contribution in [-0.4, -0.2) is 74.6 Å². The molecule has 1 saturated carbocycles. The molecule has 2 aliphatic rings. The maximum atomic E-state index is 14.9. The first-order valence-corrected chi connectivity index (χ1v) is 12.4. The van der Waals surface area contributed by atoms with Crippen LogP contribution in [0.5, 0.6) is 5.88 Å². The second-order valence-corrected chi connectivity index (χ2v) is 11.0. The molecule has 1 aliphatic carbocycles. The van der Waals surface area contributed by atoms with Crippen LogP contribution in [0.15, 0.2) is 23.5 Å². The van der Waals surface area contributed by atoms with Crippen molar-refractivity contribution in [3.8, 4) is 5.88 Å². The van der Waals surface area contributed by atoms with Gasteiger partial charge in [0.05, 0.1) is 17.8 Å². The monoisotopic (exact) mass is 522 g/mol. The van der Waals surface area contributed by atoms with Crippen LogP contribution in [0.1, 0.15) is 38.2 Å². The van der Waals surface area contributed by atoms with Gasteiger partial charge in [-0.2, -0.15) is 27.6 Å². The number of nitrogens with one attached hydrogen (secondary N) is 1. The van der Waals surface area contributed by atoms with Gasteiger partial charge in [-0.1, -0.05) is 0 Å². The molecule has 1 aliphatic heterocycles. The number of aromatic nitrogens is 4. The van der Waals surface area contributed by atoms with E-state index in [-0.39, 0.29) is 23.8 Å². The van der Waals surface area contributed by atoms with Gasteiger partial charge in [-0.15, -0.1) is 0 Å². The third-order valence-electron chi connectivity index (χ3n) is 6.29. The quantitative estimate of drug-likeness (QED) is 0.554. The van der Waals surface area contributed by atoms with Crippen molar-refractivity contribution in [1.29, 1.82) is 0 Å². The summed E-state index contributed by atoms with van der Waals surface area (Å²) in [7, 11) is -2.38. The molecule has 2 aromatic heterocycles. The number of hydrogen-bond donors (Lipinski definition) is 2. The highest BCUT2D eigenvalue weighted by Crippen LogP contribution is 2.39. The maximum absolute atomic E-state index is 14.9. The number of sulfonamides is 1. The van der Waals surface area contributed by atoms with Crippen LogP contribution in [0.3, 0.4) is 0 Å². The van der Waals surface area contributed by atoms with Crippen molar-refractivity contribution in [2.24, 2.45) is 7.05 Å². The molecule has 0 amide bonds. The van der Waals surface area contributed by atoms with Crippen LogP contribution in [0.2, 0.25) is 0 Å². The first-order valence-electron chi connectivity index (χ1n) is 11.0. The highest BCUT2D eigenvalue weighted by atomic mass is 32.2. The van der Waals surface area contributed by atoms with Gasteiger partial charge in [0.2, 0.25) is 21.9 Å². The van der Waals surface area contributed by atoms with Crippen molar-refractivity contribution in [2.75, 3.05) is 18.4 Å². The van der Waals surface area contributed by atoms with Crippen LogP contribution in [0.25, 0.3) is 0 Å². The molecule has 2 N–H and O–H groups in total. The van der Waals surface area contributed by atoms with Crippen molar-refractivity contribution in [3.05, 3.63) is 24.2 Å². The number of ether oxygens (including phenoxy) is 1. The molecule has 4 atom stereocenters. The highest BCUT2D eigenvalue weighted by Gasteiger charge is 2.43. The predicted molar refractivity (Wildman–Crippen MR) is 115 cm³/mol. The summed E-state index contributed by atoms with van der Waals surface area (Å²) in [5, 5.41) is 16.9. The Morgan fingerprint density at radius 1 is 1.29 bits per heavy atom. The molecule has 4 rings (SSSR count). The van der Waals surface area contributed by atoms with Crippen molar-refractivity contribution in [1.82, 2.24) is 24.1 Å². The zero-order valence-electron chi connectivity index (χ0n) is 19.0. The van der Waals surface area contributed by atoms with Gasteiger partial charge in [0.1, 0.15) is 22.7 Å². The molecule has 35 heavy (non-hydrogen) atoms. The van der Waals surface area contributed by atoms with Crippen LogP contribution in [0, 0.1) is 0 Å². The number of aliphatic hydroxyl groups is 1. The molecule has 15 heteroatoms. The fourth-order valence-corrected chi connectivity index (χ4v) is 5.71. The van der Waals surface area contributed by atoms with E-state index in [4.69, 9.17) is 4.74 Å². The summed E-state index contributed by atoms with van der Waals surface area (Å²) in [4.78, 5) is 7.44. The third-order valence-corrected chi connectivity index (χ3v) is 8.11. The number of aryl methyl sites for hydroxylation is 1. The van der Waals surface area contributed by atoms with Gasteiger partial charge in [-0.05, 0) is 32.6 Å². The van der Waals surface area contributed by atoms with Crippen molar-refractivity contribution < 1.29 is 35.8 Å². The number of alkyl halides is 4. The SMILES string of the molecule is Cn1cc(S(=O)(=O)N2CC[C@H](Nc3ncc(C(F)(F)F)c(O[C@@H]4CCC[C@]4(C)O)n3)[C@@H](F)C2)cn1. The van der Waals surface area contributed by atoms with Crippen LogP contribution >= 0.6 is 0 Å². The normalized spacial score (nSPS) is 28.3. The van der Waals surface area contributed by atoms with Gasteiger partial charge in [0.15, 0.2) is 0 Å². The fraction of sp³-hybridized carbons (Fsp3) is 0.650. The zero-order chi connectivity index (χ0) is 25.6. The molecule has 0 spiro atoms. The van der Waals surface area contributed by atoms with E-state index in [0.717, 1.165) is 4.31 Å². The molecular formula is C20H26F4N6O4S. The zero-order valence-corrected chi connectivity index (χ0v) is 19.9. The largest absolute Gasteiger partial charge is 0.471 e. The molecule has 10 nitrogen and oxygen atoms in total. The topological polar surface area (TPSA) is 122 Å². The van der Waals surface area contributed by atoms with E-state index in [0.29, 0.717) is 25.5 Å². The van der Waals surface area contributed by atoms with Gasteiger partial charge >= 0.3 is 6.18 Å². The Morgan fingerprint density at radius 2 is 2.03 bits per heavy atom. The van der Waals surface area contributed by atoms with Crippen LogP contribution in [0.4, 0.5) is 23.5 Å². The molecule has 0 aromatic carbocycles. The minimum Gasteiger partial charge on any atom is -0.471 e. The van der Waals surface area contributed by atoms with E-state index >= 15 is 0 Å². The summed E-state index contributed by atoms with van der Waals surface area (Å²) in [5.41, 5.74) is -2.52. The Bertz CT molecular complexity index is 1170.